The van der Waals surface area contributed by atoms with Crippen molar-refractivity contribution in [1.82, 2.24) is 15.0 Å². The summed E-state index contributed by atoms with van der Waals surface area (Å²) in [4.78, 5) is 0. The molecule has 0 saturated carbocycles. The lowest BCUT2D eigenvalue weighted by atomic mass is 10.0. The number of hydrogen-bond acceptors (Lipinski definition) is 3. The molecule has 18 heavy (non-hydrogen) atoms. The van der Waals surface area contributed by atoms with Gasteiger partial charge < -0.3 is 5.73 Å². The second kappa shape index (κ2) is 5.38. The van der Waals surface area contributed by atoms with E-state index in [1.807, 2.05) is 24.4 Å². The average Bonchev–Trinajstić information content (AvgIpc) is 2.80. The van der Waals surface area contributed by atoms with Gasteiger partial charge in [0.2, 0.25) is 0 Å². The number of hydrogen-bond donors (Lipinski definition) is 1. The molecule has 0 radical (unpaired) electrons. The van der Waals surface area contributed by atoms with Gasteiger partial charge in [-0.2, -0.15) is 0 Å². The number of nitrogens with two attached hydrogens (primary N) is 1. The zero-order chi connectivity index (χ0) is 13.3. The molecule has 4 nitrogen and oxygen atoms in total. The summed E-state index contributed by atoms with van der Waals surface area (Å²) in [6.07, 6.45) is 1.83. The molecule has 1 unspecified atom stereocenters. The summed E-state index contributed by atoms with van der Waals surface area (Å²) in [6, 6.07) is 5.40. The Kier molecular flexibility index (Phi) is 4.04. The highest BCUT2D eigenvalue weighted by Gasteiger charge is 2.15. The predicted molar refractivity (Wildman–Crippen MR) is 75.8 cm³/mol. The molecule has 0 amide bonds. The zero-order valence-corrected chi connectivity index (χ0v) is 12.5. The van der Waals surface area contributed by atoms with Gasteiger partial charge in [-0.1, -0.05) is 30.7 Å². The molecule has 0 bridgehead atoms. The van der Waals surface area contributed by atoms with Gasteiger partial charge in [-0.15, -0.1) is 5.10 Å². The number of halogens is 2. The Morgan fingerprint density at radius 1 is 1.39 bits per heavy atom. The second-order valence-corrected chi connectivity index (χ2v) is 5.74. The molecule has 1 aromatic heterocycles. The SMILES string of the molecule is CC(C)C(N)c1cn(-c2cc(Cl)ccc2Br)nn1. The number of rotatable bonds is 3. The van der Waals surface area contributed by atoms with E-state index >= 15 is 0 Å². The van der Waals surface area contributed by atoms with E-state index < -0.39 is 0 Å². The van der Waals surface area contributed by atoms with E-state index in [1.165, 1.54) is 0 Å². The minimum absolute atomic E-state index is 0.114. The van der Waals surface area contributed by atoms with Crippen LogP contribution in [0.2, 0.25) is 5.02 Å². The van der Waals surface area contributed by atoms with Crippen LogP contribution in [0.15, 0.2) is 28.9 Å². The fraction of sp³-hybridized carbons (Fsp3) is 0.333. The highest BCUT2D eigenvalue weighted by Crippen LogP contribution is 2.25. The van der Waals surface area contributed by atoms with Crippen molar-refractivity contribution in [3.63, 3.8) is 0 Å². The van der Waals surface area contributed by atoms with Gasteiger partial charge in [-0.25, -0.2) is 4.68 Å². The lowest BCUT2D eigenvalue weighted by molar-refractivity contribution is 0.502. The first-order chi connectivity index (χ1) is 8.49. The standard InChI is InChI=1S/C12H14BrClN4/c1-7(2)12(15)10-6-18(17-16-10)11-5-8(14)3-4-9(11)13/h3-7,12H,15H2,1-2H3. The summed E-state index contributed by atoms with van der Waals surface area (Å²) in [5, 5.41) is 8.85. The first-order valence-corrected chi connectivity index (χ1v) is 6.79. The molecule has 2 N–H and O–H groups in total. The van der Waals surface area contributed by atoms with E-state index in [4.69, 9.17) is 17.3 Å². The molecule has 0 fully saturated rings. The molecule has 6 heteroatoms. The maximum Gasteiger partial charge on any atom is 0.100 e. The lowest BCUT2D eigenvalue weighted by Gasteiger charge is -2.11. The number of benzene rings is 1. The van der Waals surface area contributed by atoms with Gasteiger partial charge in [0.25, 0.3) is 0 Å². The minimum Gasteiger partial charge on any atom is -0.322 e. The Bertz CT molecular complexity index is 553. The van der Waals surface area contributed by atoms with Crippen LogP contribution >= 0.6 is 27.5 Å². The van der Waals surface area contributed by atoms with E-state index in [0.717, 1.165) is 15.9 Å². The van der Waals surface area contributed by atoms with Crippen LogP contribution in [0, 0.1) is 5.92 Å². The summed E-state index contributed by atoms with van der Waals surface area (Å²) in [7, 11) is 0. The summed E-state index contributed by atoms with van der Waals surface area (Å²) >= 11 is 9.44. The highest BCUT2D eigenvalue weighted by atomic mass is 79.9. The monoisotopic (exact) mass is 328 g/mol. The fourth-order valence-electron chi connectivity index (χ4n) is 1.55. The third kappa shape index (κ3) is 2.74. The topological polar surface area (TPSA) is 56.7 Å². The van der Waals surface area contributed by atoms with Gasteiger partial charge >= 0.3 is 0 Å². The highest BCUT2D eigenvalue weighted by molar-refractivity contribution is 9.10. The van der Waals surface area contributed by atoms with Crippen molar-refractivity contribution in [1.29, 1.82) is 0 Å². The molecule has 1 atom stereocenters. The smallest absolute Gasteiger partial charge is 0.100 e. The molecule has 1 heterocycles. The van der Waals surface area contributed by atoms with Crippen molar-refractivity contribution in [2.45, 2.75) is 19.9 Å². The van der Waals surface area contributed by atoms with Crippen LogP contribution < -0.4 is 5.73 Å². The van der Waals surface area contributed by atoms with Crippen LogP contribution in [0.5, 0.6) is 0 Å². The normalized spacial score (nSPS) is 13.0. The molecule has 0 saturated heterocycles. The molecular formula is C12H14BrClN4. The van der Waals surface area contributed by atoms with E-state index in [1.54, 1.807) is 4.68 Å². The van der Waals surface area contributed by atoms with Gasteiger partial charge in [0.15, 0.2) is 0 Å². The van der Waals surface area contributed by atoms with Gasteiger partial charge in [0.1, 0.15) is 5.69 Å². The molecule has 0 spiro atoms. The Balaban J connectivity index is 2.38. The Labute approximate surface area is 119 Å². The molecule has 96 valence electrons. The van der Waals surface area contributed by atoms with E-state index in [0.29, 0.717) is 10.9 Å². The summed E-state index contributed by atoms with van der Waals surface area (Å²) in [5.74, 6) is 0.318. The maximum atomic E-state index is 6.04. The zero-order valence-electron chi connectivity index (χ0n) is 10.1. The van der Waals surface area contributed by atoms with Crippen LogP contribution in [0.1, 0.15) is 25.6 Å². The quantitative estimate of drug-likeness (QED) is 0.939. The van der Waals surface area contributed by atoms with Gasteiger partial charge in [-0.05, 0) is 40.0 Å². The largest absolute Gasteiger partial charge is 0.322 e. The molecular weight excluding hydrogens is 316 g/mol. The lowest BCUT2D eigenvalue weighted by Crippen LogP contribution is -2.17. The first-order valence-electron chi connectivity index (χ1n) is 5.62. The van der Waals surface area contributed by atoms with Gasteiger partial charge in [0.05, 0.1) is 17.9 Å². The summed E-state index contributed by atoms with van der Waals surface area (Å²) < 4.78 is 2.58. The Hall–Kier alpha value is -0.910. The third-order valence-corrected chi connectivity index (χ3v) is 3.63. The predicted octanol–water partition coefficient (Wildman–Crippen LogP) is 3.34. The van der Waals surface area contributed by atoms with E-state index in [9.17, 15) is 0 Å². The number of aromatic nitrogens is 3. The third-order valence-electron chi connectivity index (χ3n) is 2.73. The van der Waals surface area contributed by atoms with Crippen LogP contribution in [-0.4, -0.2) is 15.0 Å². The van der Waals surface area contributed by atoms with Gasteiger partial charge in [0, 0.05) is 9.50 Å². The average molecular weight is 330 g/mol. The van der Waals surface area contributed by atoms with Crippen molar-refractivity contribution in [2.75, 3.05) is 0 Å². The van der Waals surface area contributed by atoms with Crippen molar-refractivity contribution in [3.8, 4) is 5.69 Å². The van der Waals surface area contributed by atoms with Crippen molar-refractivity contribution < 1.29 is 0 Å². The molecule has 2 rings (SSSR count). The van der Waals surface area contributed by atoms with Crippen LogP contribution in [0.3, 0.4) is 0 Å². The molecule has 2 aromatic rings. The minimum atomic E-state index is -0.114. The Morgan fingerprint density at radius 3 is 2.78 bits per heavy atom. The second-order valence-electron chi connectivity index (χ2n) is 4.45. The fourth-order valence-corrected chi connectivity index (χ4v) is 2.14. The molecule has 0 aliphatic heterocycles. The van der Waals surface area contributed by atoms with Crippen molar-refractivity contribution in [2.24, 2.45) is 11.7 Å². The van der Waals surface area contributed by atoms with Crippen LogP contribution in [0.25, 0.3) is 5.69 Å². The Morgan fingerprint density at radius 2 is 2.11 bits per heavy atom. The molecule has 0 aliphatic rings. The molecule has 0 aliphatic carbocycles. The van der Waals surface area contributed by atoms with E-state index in [-0.39, 0.29) is 6.04 Å². The van der Waals surface area contributed by atoms with Crippen molar-refractivity contribution >= 4 is 27.5 Å². The molecule has 1 aromatic carbocycles. The first kappa shape index (κ1) is 13.5. The van der Waals surface area contributed by atoms with Crippen LogP contribution in [-0.2, 0) is 0 Å². The summed E-state index contributed by atoms with van der Waals surface area (Å²) in [5.41, 5.74) is 7.66. The van der Waals surface area contributed by atoms with Crippen LogP contribution in [0.4, 0.5) is 0 Å². The van der Waals surface area contributed by atoms with E-state index in [2.05, 4.69) is 40.1 Å². The van der Waals surface area contributed by atoms with Crippen molar-refractivity contribution in [3.05, 3.63) is 39.6 Å². The maximum absolute atomic E-state index is 6.04. The summed E-state index contributed by atoms with van der Waals surface area (Å²) in [6.45, 7) is 4.11. The number of nitrogens with zero attached hydrogens (tertiary/aromatic N) is 3. The van der Waals surface area contributed by atoms with Gasteiger partial charge in [-0.3, -0.25) is 0 Å².